The molecule has 1 amide bonds. The van der Waals surface area contributed by atoms with Crippen LogP contribution in [0.15, 0.2) is 24.3 Å². The highest BCUT2D eigenvalue weighted by Gasteiger charge is 2.35. The zero-order chi connectivity index (χ0) is 13.9. The lowest BCUT2D eigenvalue weighted by Gasteiger charge is -2.33. The van der Waals surface area contributed by atoms with Crippen LogP contribution in [0, 0.1) is 0 Å². The number of nitrogens with one attached hydrogen (secondary N) is 2. The van der Waals surface area contributed by atoms with Crippen LogP contribution in [0.1, 0.15) is 32.6 Å². The van der Waals surface area contributed by atoms with Crippen molar-refractivity contribution in [1.82, 2.24) is 4.90 Å². The van der Waals surface area contributed by atoms with Gasteiger partial charge in [0.15, 0.2) is 0 Å². The van der Waals surface area contributed by atoms with Gasteiger partial charge in [0.1, 0.15) is 0 Å². The van der Waals surface area contributed by atoms with Gasteiger partial charge in [-0.2, -0.15) is 0 Å². The van der Waals surface area contributed by atoms with Crippen LogP contribution >= 0.6 is 0 Å². The lowest BCUT2D eigenvalue weighted by Crippen LogP contribution is -2.41. The highest BCUT2D eigenvalue weighted by Crippen LogP contribution is 2.29. The van der Waals surface area contributed by atoms with Crippen molar-refractivity contribution in [2.45, 2.75) is 44.7 Å². The van der Waals surface area contributed by atoms with Gasteiger partial charge in [0.2, 0.25) is 5.91 Å². The van der Waals surface area contributed by atoms with E-state index in [2.05, 4.69) is 27.7 Å². The molecule has 4 nitrogen and oxygen atoms in total. The molecule has 108 valence electrons. The Morgan fingerprint density at radius 3 is 2.60 bits per heavy atom. The van der Waals surface area contributed by atoms with Gasteiger partial charge in [-0.25, -0.2) is 0 Å². The molecule has 2 unspecified atom stereocenters. The Morgan fingerprint density at radius 1 is 1.10 bits per heavy atom. The van der Waals surface area contributed by atoms with Crippen molar-refractivity contribution >= 4 is 17.3 Å². The molecule has 1 aromatic rings. The van der Waals surface area contributed by atoms with E-state index in [0.29, 0.717) is 12.1 Å². The van der Waals surface area contributed by atoms with Crippen molar-refractivity contribution in [2.24, 2.45) is 0 Å². The van der Waals surface area contributed by atoms with Crippen molar-refractivity contribution < 1.29 is 4.79 Å². The Labute approximate surface area is 120 Å². The Kier molecular flexibility index (Phi) is 3.92. The maximum absolute atomic E-state index is 11.0. The van der Waals surface area contributed by atoms with Gasteiger partial charge in [-0.15, -0.1) is 0 Å². The Morgan fingerprint density at radius 2 is 1.85 bits per heavy atom. The quantitative estimate of drug-likeness (QED) is 0.890. The molecule has 0 bridgehead atoms. The predicted molar refractivity (Wildman–Crippen MR) is 82.0 cm³/mol. The fraction of sp³-hybridized carbons (Fsp3) is 0.562. The number of hydrogen-bond donors (Lipinski definition) is 2. The smallest absolute Gasteiger partial charge is 0.221 e. The van der Waals surface area contributed by atoms with E-state index in [1.807, 2.05) is 12.1 Å². The fourth-order valence-corrected chi connectivity index (χ4v) is 3.48. The molecule has 4 heteroatoms. The zero-order valence-corrected chi connectivity index (χ0v) is 12.1. The van der Waals surface area contributed by atoms with Gasteiger partial charge in [-0.05, 0) is 50.1 Å². The normalized spacial score (nSPS) is 26.1. The third kappa shape index (κ3) is 2.96. The van der Waals surface area contributed by atoms with Gasteiger partial charge in [-0.3, -0.25) is 9.69 Å². The summed E-state index contributed by atoms with van der Waals surface area (Å²) in [7, 11) is 0. The Hall–Kier alpha value is -1.55. The second kappa shape index (κ2) is 5.83. The molecule has 1 aromatic carbocycles. The second-order valence-corrected chi connectivity index (χ2v) is 5.90. The van der Waals surface area contributed by atoms with E-state index in [-0.39, 0.29) is 5.91 Å². The van der Waals surface area contributed by atoms with E-state index < -0.39 is 0 Å². The van der Waals surface area contributed by atoms with Gasteiger partial charge in [-0.1, -0.05) is 6.42 Å². The molecule has 0 aliphatic carbocycles. The van der Waals surface area contributed by atoms with Crippen LogP contribution in [0.2, 0.25) is 0 Å². The lowest BCUT2D eigenvalue weighted by molar-refractivity contribution is -0.114. The van der Waals surface area contributed by atoms with Crippen LogP contribution in [0.25, 0.3) is 0 Å². The van der Waals surface area contributed by atoms with Gasteiger partial charge < -0.3 is 10.6 Å². The summed E-state index contributed by atoms with van der Waals surface area (Å²) >= 11 is 0. The molecule has 0 spiro atoms. The number of benzene rings is 1. The number of anilines is 2. The van der Waals surface area contributed by atoms with Gasteiger partial charge in [0.05, 0.1) is 0 Å². The van der Waals surface area contributed by atoms with Crippen LogP contribution in [-0.2, 0) is 4.79 Å². The summed E-state index contributed by atoms with van der Waals surface area (Å²) in [6, 6.07) is 9.29. The maximum atomic E-state index is 11.0. The molecule has 2 aliphatic rings. The van der Waals surface area contributed by atoms with Crippen molar-refractivity contribution in [2.75, 3.05) is 23.7 Å². The van der Waals surface area contributed by atoms with E-state index in [9.17, 15) is 4.79 Å². The van der Waals surface area contributed by atoms with E-state index in [1.54, 1.807) is 0 Å². The van der Waals surface area contributed by atoms with Crippen LogP contribution in [0.3, 0.4) is 0 Å². The number of amides is 1. The van der Waals surface area contributed by atoms with E-state index in [1.165, 1.54) is 45.7 Å². The highest BCUT2D eigenvalue weighted by molar-refractivity contribution is 5.88. The molecule has 0 saturated carbocycles. The Bertz CT molecular complexity index is 471. The molecule has 0 radical (unpaired) electrons. The first kappa shape index (κ1) is 13.4. The van der Waals surface area contributed by atoms with Crippen molar-refractivity contribution in [3.05, 3.63) is 24.3 Å². The first-order valence-electron chi connectivity index (χ1n) is 7.60. The van der Waals surface area contributed by atoms with Crippen molar-refractivity contribution in [3.8, 4) is 0 Å². The molecule has 2 heterocycles. The summed E-state index contributed by atoms with van der Waals surface area (Å²) in [6.45, 7) is 4.03. The fourth-order valence-electron chi connectivity index (χ4n) is 3.48. The summed E-state index contributed by atoms with van der Waals surface area (Å²) in [4.78, 5) is 13.6. The van der Waals surface area contributed by atoms with Gasteiger partial charge >= 0.3 is 0 Å². The first-order valence-corrected chi connectivity index (χ1v) is 7.60. The first-order chi connectivity index (χ1) is 9.72. The Balaban J connectivity index is 1.61. The van der Waals surface area contributed by atoms with E-state index in [0.717, 1.165) is 11.4 Å². The predicted octanol–water partition coefficient (Wildman–Crippen LogP) is 2.68. The molecule has 2 saturated heterocycles. The molecular formula is C16H23N3O. The number of nitrogens with zero attached hydrogens (tertiary/aromatic N) is 1. The largest absolute Gasteiger partial charge is 0.381 e. The topological polar surface area (TPSA) is 44.4 Å². The molecule has 2 atom stereocenters. The minimum Gasteiger partial charge on any atom is -0.381 e. The van der Waals surface area contributed by atoms with E-state index in [4.69, 9.17) is 0 Å². The minimum absolute atomic E-state index is 0.0284. The number of piperidine rings is 1. The molecule has 2 aliphatic heterocycles. The van der Waals surface area contributed by atoms with Crippen LogP contribution in [-0.4, -0.2) is 36.0 Å². The summed E-state index contributed by atoms with van der Waals surface area (Å²) in [5.74, 6) is -0.0284. The standard InChI is InChI=1S/C16H23N3O/c1-12(20)17-13-5-7-14(8-6-13)18-15-9-11-19-10-3-2-4-16(15)19/h5-8,15-16,18H,2-4,9-11H2,1H3,(H,17,20). The molecule has 2 fully saturated rings. The summed E-state index contributed by atoms with van der Waals surface area (Å²) in [5, 5.41) is 6.46. The third-order valence-electron chi connectivity index (χ3n) is 4.41. The zero-order valence-electron chi connectivity index (χ0n) is 12.1. The monoisotopic (exact) mass is 273 g/mol. The number of carbonyl (C=O) groups excluding carboxylic acids is 1. The maximum Gasteiger partial charge on any atom is 0.221 e. The molecule has 20 heavy (non-hydrogen) atoms. The number of hydrogen-bond acceptors (Lipinski definition) is 3. The number of rotatable bonds is 3. The average molecular weight is 273 g/mol. The van der Waals surface area contributed by atoms with Gasteiger partial charge in [0.25, 0.3) is 0 Å². The van der Waals surface area contributed by atoms with Crippen LogP contribution in [0.4, 0.5) is 11.4 Å². The third-order valence-corrected chi connectivity index (χ3v) is 4.41. The lowest BCUT2D eigenvalue weighted by atomic mass is 9.99. The molecule has 0 aromatic heterocycles. The summed E-state index contributed by atoms with van der Waals surface area (Å²) in [6.07, 6.45) is 5.27. The van der Waals surface area contributed by atoms with Crippen molar-refractivity contribution in [3.63, 3.8) is 0 Å². The SMILES string of the molecule is CC(=O)Nc1ccc(NC2CCN3CCCCC23)cc1. The summed E-state index contributed by atoms with van der Waals surface area (Å²) in [5.41, 5.74) is 2.00. The van der Waals surface area contributed by atoms with Crippen LogP contribution in [0.5, 0.6) is 0 Å². The second-order valence-electron chi connectivity index (χ2n) is 5.90. The van der Waals surface area contributed by atoms with E-state index >= 15 is 0 Å². The molecular weight excluding hydrogens is 250 g/mol. The number of fused-ring (bicyclic) bond motifs is 1. The van der Waals surface area contributed by atoms with Crippen LogP contribution < -0.4 is 10.6 Å². The van der Waals surface area contributed by atoms with Gasteiger partial charge in [0, 0.05) is 36.9 Å². The average Bonchev–Trinajstić information content (AvgIpc) is 2.84. The number of carbonyl (C=O) groups is 1. The highest BCUT2D eigenvalue weighted by atomic mass is 16.1. The minimum atomic E-state index is -0.0284. The molecule has 2 N–H and O–H groups in total. The van der Waals surface area contributed by atoms with Crippen molar-refractivity contribution in [1.29, 1.82) is 0 Å². The summed E-state index contributed by atoms with van der Waals surface area (Å²) < 4.78 is 0. The molecule has 3 rings (SSSR count).